The smallest absolute Gasteiger partial charge is 0.161 e. The summed E-state index contributed by atoms with van der Waals surface area (Å²) in [4.78, 5) is 4.47. The standard InChI is InChI=1S/C11H10Cl2N4S2/c1-2-5-4-14-11(18-5)15-8-6(12)3-7(13)9-10(8)17-19-16-9/h3,5H,2,4H2,1H3,(H,14,15). The predicted molar refractivity (Wildman–Crippen MR) is 85.6 cm³/mol. The van der Waals surface area contributed by atoms with Crippen molar-refractivity contribution in [1.82, 2.24) is 0 Å². The Kier molecular flexibility index (Phi) is 3.84. The monoisotopic (exact) mass is 332 g/mol. The Morgan fingerprint density at radius 1 is 1.32 bits per heavy atom. The van der Waals surface area contributed by atoms with Gasteiger partial charge in [-0.25, -0.2) is 0 Å². The molecule has 4 nitrogen and oxygen atoms in total. The number of amidine groups is 1. The van der Waals surface area contributed by atoms with Gasteiger partial charge in [0.2, 0.25) is 0 Å². The fraction of sp³-hybridized carbons (Fsp3) is 0.364. The van der Waals surface area contributed by atoms with Crippen LogP contribution >= 0.6 is 35.0 Å². The number of nitrogens with zero attached hydrogens (tertiary/aromatic N) is 3. The van der Waals surface area contributed by atoms with Crippen LogP contribution in [-0.4, -0.2) is 17.0 Å². The van der Waals surface area contributed by atoms with E-state index >= 15 is 0 Å². The molecule has 0 radical (unpaired) electrons. The summed E-state index contributed by atoms with van der Waals surface area (Å²) in [5, 5.41) is 5.73. The Morgan fingerprint density at radius 3 is 2.84 bits per heavy atom. The van der Waals surface area contributed by atoms with Gasteiger partial charge in [-0.05, 0) is 12.5 Å². The maximum absolute atomic E-state index is 6.24. The molecule has 1 unspecified atom stereocenters. The van der Waals surface area contributed by atoms with E-state index in [0.717, 1.165) is 35.2 Å². The van der Waals surface area contributed by atoms with Crippen LogP contribution in [0.2, 0.25) is 10.0 Å². The summed E-state index contributed by atoms with van der Waals surface area (Å²) in [5.74, 6) is 0. The fourth-order valence-corrected chi connectivity index (χ4v) is 3.90. The molecule has 2 heterocycles. The minimum absolute atomic E-state index is 0.520. The molecule has 19 heavy (non-hydrogen) atoms. The maximum atomic E-state index is 6.24. The molecule has 1 aromatic carbocycles. The Bertz CT molecular complexity index is 638. The van der Waals surface area contributed by atoms with Crippen molar-refractivity contribution in [2.45, 2.75) is 18.6 Å². The van der Waals surface area contributed by atoms with Crippen molar-refractivity contribution in [3.63, 3.8) is 0 Å². The number of anilines is 1. The average molecular weight is 333 g/mol. The van der Waals surface area contributed by atoms with Crippen LogP contribution in [0.3, 0.4) is 0 Å². The first-order valence-electron chi connectivity index (χ1n) is 5.77. The Balaban J connectivity index is 1.91. The second-order valence-corrected chi connectivity index (χ2v) is 6.73. The van der Waals surface area contributed by atoms with Crippen LogP contribution in [0, 0.1) is 0 Å². The van der Waals surface area contributed by atoms with Crippen LogP contribution in [0.1, 0.15) is 13.3 Å². The normalized spacial score (nSPS) is 20.2. The quantitative estimate of drug-likeness (QED) is 0.839. The lowest BCUT2D eigenvalue weighted by Crippen LogP contribution is -2.07. The molecule has 0 fully saturated rings. The summed E-state index contributed by atoms with van der Waals surface area (Å²) in [6, 6.07) is 1.69. The van der Waals surface area contributed by atoms with Gasteiger partial charge >= 0.3 is 0 Å². The van der Waals surface area contributed by atoms with Gasteiger partial charge in [0, 0.05) is 5.25 Å². The molecule has 0 bridgehead atoms. The van der Waals surface area contributed by atoms with Gasteiger partial charge in [-0.3, -0.25) is 4.99 Å². The number of nitrogens with one attached hydrogen (secondary N) is 1. The highest BCUT2D eigenvalue weighted by Gasteiger charge is 2.23. The van der Waals surface area contributed by atoms with Crippen molar-refractivity contribution in [1.29, 1.82) is 0 Å². The summed E-state index contributed by atoms with van der Waals surface area (Å²) in [7, 11) is 0. The van der Waals surface area contributed by atoms with E-state index in [1.54, 1.807) is 17.8 Å². The molecule has 1 aromatic rings. The lowest BCUT2D eigenvalue weighted by atomic mass is 10.2. The van der Waals surface area contributed by atoms with Gasteiger partial charge in [-0.15, -0.1) is 0 Å². The highest BCUT2D eigenvalue weighted by molar-refractivity contribution is 8.15. The highest BCUT2D eigenvalue weighted by atomic mass is 35.5. The molecule has 0 aromatic heterocycles. The lowest BCUT2D eigenvalue weighted by molar-refractivity contribution is 0.843. The van der Waals surface area contributed by atoms with E-state index in [4.69, 9.17) is 23.2 Å². The average Bonchev–Trinajstić information content (AvgIpc) is 3.03. The Labute approximate surface area is 128 Å². The van der Waals surface area contributed by atoms with Gasteiger partial charge in [-0.2, -0.15) is 8.73 Å². The molecule has 2 aliphatic rings. The first-order chi connectivity index (χ1) is 9.19. The SMILES string of the molecule is CCC1CN=C(Nc2c(Cl)cc(Cl)c3c2N=S=N3)S1. The van der Waals surface area contributed by atoms with Crippen LogP contribution < -0.4 is 5.32 Å². The third-order valence-electron chi connectivity index (χ3n) is 2.85. The molecule has 0 saturated heterocycles. The highest BCUT2D eigenvalue weighted by Crippen LogP contribution is 2.48. The number of thioether (sulfide) groups is 1. The van der Waals surface area contributed by atoms with Crippen molar-refractivity contribution in [3.8, 4) is 0 Å². The summed E-state index contributed by atoms with van der Waals surface area (Å²) in [6.45, 7) is 3.00. The minimum Gasteiger partial charge on any atom is -0.332 e. The van der Waals surface area contributed by atoms with Crippen molar-refractivity contribution in [2.75, 3.05) is 11.9 Å². The third-order valence-corrected chi connectivity index (χ3v) is 5.23. The van der Waals surface area contributed by atoms with Crippen LogP contribution in [0.15, 0.2) is 19.8 Å². The van der Waals surface area contributed by atoms with Crippen LogP contribution in [-0.2, 0) is 11.4 Å². The summed E-state index contributed by atoms with van der Waals surface area (Å²) in [6.07, 6.45) is 1.10. The molecular formula is C11H10Cl2N4S2. The number of hydrogen-bond acceptors (Lipinski definition) is 5. The zero-order chi connectivity index (χ0) is 13.4. The Morgan fingerprint density at radius 2 is 2.11 bits per heavy atom. The molecule has 0 amide bonds. The number of rotatable bonds is 2. The number of fused-ring (bicyclic) bond motifs is 1. The molecule has 0 aliphatic carbocycles. The van der Waals surface area contributed by atoms with Crippen molar-refractivity contribution in [3.05, 3.63) is 16.1 Å². The zero-order valence-electron chi connectivity index (χ0n) is 9.98. The van der Waals surface area contributed by atoms with E-state index in [9.17, 15) is 0 Å². The lowest BCUT2D eigenvalue weighted by Gasteiger charge is -2.12. The molecular weight excluding hydrogens is 323 g/mol. The van der Waals surface area contributed by atoms with Crippen LogP contribution in [0.5, 0.6) is 0 Å². The van der Waals surface area contributed by atoms with Crippen molar-refractivity contribution < 1.29 is 0 Å². The zero-order valence-corrected chi connectivity index (χ0v) is 13.1. The summed E-state index contributed by atoms with van der Waals surface area (Å²) in [5.41, 5.74) is 2.11. The van der Waals surface area contributed by atoms with Gasteiger partial charge < -0.3 is 5.32 Å². The molecule has 0 spiro atoms. The first kappa shape index (κ1) is 13.4. The number of halogens is 2. The molecule has 2 aliphatic heterocycles. The summed E-state index contributed by atoms with van der Waals surface area (Å²) < 4.78 is 8.44. The van der Waals surface area contributed by atoms with Gasteiger partial charge in [-0.1, -0.05) is 41.9 Å². The van der Waals surface area contributed by atoms with E-state index in [-0.39, 0.29) is 0 Å². The number of benzene rings is 1. The number of hydrogen-bond donors (Lipinski definition) is 1. The van der Waals surface area contributed by atoms with Crippen LogP contribution in [0.25, 0.3) is 0 Å². The molecule has 1 N–H and O–H groups in total. The molecule has 0 saturated carbocycles. The van der Waals surface area contributed by atoms with E-state index in [0.29, 0.717) is 26.7 Å². The fourth-order valence-electron chi connectivity index (χ4n) is 1.80. The maximum Gasteiger partial charge on any atom is 0.161 e. The van der Waals surface area contributed by atoms with Gasteiger partial charge in [0.25, 0.3) is 0 Å². The van der Waals surface area contributed by atoms with Gasteiger partial charge in [0.15, 0.2) is 5.17 Å². The topological polar surface area (TPSA) is 49.1 Å². The van der Waals surface area contributed by atoms with E-state index < -0.39 is 0 Å². The first-order valence-corrected chi connectivity index (χ1v) is 8.14. The van der Waals surface area contributed by atoms with Gasteiger partial charge in [0.05, 0.1) is 33.6 Å². The van der Waals surface area contributed by atoms with Crippen molar-refractivity contribution >= 4 is 68.5 Å². The van der Waals surface area contributed by atoms with E-state index in [2.05, 4.69) is 26.0 Å². The predicted octanol–water partition coefficient (Wildman–Crippen LogP) is 5.01. The Hall–Kier alpha value is -0.560. The third kappa shape index (κ3) is 2.54. The molecule has 1 atom stereocenters. The largest absolute Gasteiger partial charge is 0.332 e. The van der Waals surface area contributed by atoms with Crippen LogP contribution in [0.4, 0.5) is 17.1 Å². The minimum atomic E-state index is 0.520. The second-order valence-electron chi connectivity index (χ2n) is 4.10. The number of aliphatic imine (C=N–C) groups is 1. The van der Waals surface area contributed by atoms with E-state index in [1.807, 2.05) is 0 Å². The van der Waals surface area contributed by atoms with Crippen molar-refractivity contribution in [2.24, 2.45) is 13.7 Å². The second kappa shape index (κ2) is 5.44. The molecule has 8 heteroatoms. The van der Waals surface area contributed by atoms with Gasteiger partial charge in [0.1, 0.15) is 11.4 Å². The summed E-state index contributed by atoms with van der Waals surface area (Å²) >= 11 is 15.2. The van der Waals surface area contributed by atoms with E-state index in [1.165, 1.54) is 0 Å². The molecule has 100 valence electrons. The molecule has 3 rings (SSSR count).